The van der Waals surface area contributed by atoms with E-state index in [1.54, 1.807) is 38.3 Å². The highest BCUT2D eigenvalue weighted by Crippen LogP contribution is 2.35. The van der Waals surface area contributed by atoms with E-state index in [-0.39, 0.29) is 17.8 Å². The predicted molar refractivity (Wildman–Crippen MR) is 109 cm³/mol. The molecule has 0 fully saturated rings. The van der Waals surface area contributed by atoms with Gasteiger partial charge in [0.15, 0.2) is 5.69 Å². The van der Waals surface area contributed by atoms with Gasteiger partial charge in [0.25, 0.3) is 0 Å². The zero-order valence-electron chi connectivity index (χ0n) is 17.7. The molecule has 0 aliphatic heterocycles. The Morgan fingerprint density at radius 3 is 2.21 bits per heavy atom. The Bertz CT molecular complexity index is 920. The van der Waals surface area contributed by atoms with Crippen molar-refractivity contribution in [2.45, 2.75) is 72.2 Å². The van der Waals surface area contributed by atoms with Crippen LogP contribution in [0.25, 0.3) is 0 Å². The van der Waals surface area contributed by atoms with Crippen LogP contribution in [0.15, 0.2) is 22.7 Å². The number of hydrogen-bond donors (Lipinski definition) is 0. The lowest BCUT2D eigenvalue weighted by Gasteiger charge is -2.22. The minimum absolute atomic E-state index is 0.0592. The average molecular weight is 475 g/mol. The summed E-state index contributed by atoms with van der Waals surface area (Å²) in [7, 11) is 0. The van der Waals surface area contributed by atoms with Gasteiger partial charge in [-0.25, -0.2) is 9.78 Å². The summed E-state index contributed by atoms with van der Waals surface area (Å²) >= 11 is 3.11. The Morgan fingerprint density at radius 1 is 1.14 bits per heavy atom. The first-order valence-corrected chi connectivity index (χ1v) is 9.96. The van der Waals surface area contributed by atoms with Crippen molar-refractivity contribution >= 4 is 21.9 Å². The van der Waals surface area contributed by atoms with Gasteiger partial charge in [-0.2, -0.15) is 13.2 Å². The Balaban J connectivity index is 2.61. The topological polar surface area (TPSA) is 44.1 Å². The van der Waals surface area contributed by atoms with E-state index in [4.69, 9.17) is 4.74 Å². The fraction of sp³-hybridized carbons (Fsp3) is 0.524. The summed E-state index contributed by atoms with van der Waals surface area (Å²) in [5.41, 5.74) is -1.22. The Labute approximate surface area is 177 Å². The Hall–Kier alpha value is -1.83. The first-order valence-electron chi connectivity index (χ1n) is 9.17. The first kappa shape index (κ1) is 23.4. The second kappa shape index (κ2) is 7.78. The summed E-state index contributed by atoms with van der Waals surface area (Å²) in [6.07, 6.45) is -4.50. The number of imidazole rings is 1. The van der Waals surface area contributed by atoms with Crippen molar-refractivity contribution in [1.29, 1.82) is 0 Å². The van der Waals surface area contributed by atoms with Crippen molar-refractivity contribution in [3.05, 3.63) is 51.0 Å². The molecule has 0 aliphatic rings. The van der Waals surface area contributed by atoms with E-state index in [0.717, 1.165) is 6.07 Å². The van der Waals surface area contributed by atoms with E-state index in [0.29, 0.717) is 16.0 Å². The summed E-state index contributed by atoms with van der Waals surface area (Å²) in [6, 6.07) is 4.07. The molecule has 1 aromatic heterocycles. The summed E-state index contributed by atoms with van der Waals surface area (Å²) in [6.45, 7) is 12.6. The molecular weight excluding hydrogens is 449 g/mol. The Kier molecular flexibility index (Phi) is 6.29. The molecule has 2 rings (SSSR count). The first-order chi connectivity index (χ1) is 13.0. The largest absolute Gasteiger partial charge is 0.455 e. The van der Waals surface area contributed by atoms with Gasteiger partial charge >= 0.3 is 12.1 Å². The maximum atomic E-state index is 13.6. The van der Waals surface area contributed by atoms with Crippen molar-refractivity contribution in [1.82, 2.24) is 9.55 Å². The highest BCUT2D eigenvalue weighted by atomic mass is 79.9. The molecule has 0 amide bonds. The molecule has 0 N–H and O–H groups in total. The smallest absolute Gasteiger partial charge is 0.416 e. The summed E-state index contributed by atoms with van der Waals surface area (Å²) in [5, 5.41) is 0. The molecule has 1 aromatic carbocycles. The van der Waals surface area contributed by atoms with Crippen LogP contribution in [0.4, 0.5) is 13.2 Å². The highest BCUT2D eigenvalue weighted by molar-refractivity contribution is 9.10. The van der Waals surface area contributed by atoms with Crippen molar-refractivity contribution in [3.63, 3.8) is 0 Å². The zero-order valence-corrected chi connectivity index (χ0v) is 19.2. The van der Waals surface area contributed by atoms with Crippen LogP contribution in [0, 0.1) is 6.92 Å². The van der Waals surface area contributed by atoms with Crippen molar-refractivity contribution in [2.75, 3.05) is 0 Å². The monoisotopic (exact) mass is 474 g/mol. The maximum Gasteiger partial charge on any atom is 0.416 e. The van der Waals surface area contributed by atoms with Gasteiger partial charge in [-0.1, -0.05) is 42.8 Å². The van der Waals surface area contributed by atoms with Crippen LogP contribution < -0.4 is 0 Å². The molecule has 0 saturated carbocycles. The van der Waals surface area contributed by atoms with Crippen LogP contribution in [-0.2, 0) is 22.9 Å². The number of alkyl halides is 3. The molecule has 0 spiro atoms. The predicted octanol–water partition coefficient (Wildman–Crippen LogP) is 6.27. The fourth-order valence-electron chi connectivity index (χ4n) is 2.94. The molecule has 2 aromatic rings. The number of ether oxygens (including phenoxy) is 1. The summed E-state index contributed by atoms with van der Waals surface area (Å²) in [4.78, 5) is 17.1. The van der Waals surface area contributed by atoms with Crippen LogP contribution in [0.2, 0.25) is 0 Å². The van der Waals surface area contributed by atoms with Gasteiger partial charge in [0.1, 0.15) is 11.4 Å². The van der Waals surface area contributed by atoms with Gasteiger partial charge in [0, 0.05) is 22.1 Å². The summed E-state index contributed by atoms with van der Waals surface area (Å²) < 4.78 is 48.1. The van der Waals surface area contributed by atoms with Crippen LogP contribution in [0.3, 0.4) is 0 Å². The molecule has 0 aliphatic carbocycles. The normalized spacial score (nSPS) is 12.9. The number of halogens is 4. The average Bonchev–Trinajstić information content (AvgIpc) is 2.83. The van der Waals surface area contributed by atoms with E-state index in [2.05, 4.69) is 20.9 Å². The van der Waals surface area contributed by atoms with Crippen molar-refractivity contribution < 1.29 is 22.7 Å². The van der Waals surface area contributed by atoms with Gasteiger partial charge in [-0.3, -0.25) is 0 Å². The van der Waals surface area contributed by atoms with Crippen molar-refractivity contribution in [2.24, 2.45) is 0 Å². The standard InChI is InChI=1S/C21H26BrF3N2O2/c1-12-16(17(28)29-20(5,6)7)26-18(19(2,3)4)27(12)11-13-8-9-14(22)10-15(13)21(23,24)25/h8-10H,11H2,1-7H3. The van der Waals surface area contributed by atoms with Crippen LogP contribution >= 0.6 is 15.9 Å². The van der Waals surface area contributed by atoms with Gasteiger partial charge in [0.05, 0.1) is 5.56 Å². The number of hydrogen-bond acceptors (Lipinski definition) is 3. The molecule has 0 radical (unpaired) electrons. The molecule has 4 nitrogen and oxygen atoms in total. The number of benzene rings is 1. The maximum absolute atomic E-state index is 13.6. The molecule has 0 atom stereocenters. The second-order valence-corrected chi connectivity index (χ2v) is 9.92. The zero-order chi connectivity index (χ0) is 22.4. The molecule has 0 unspecified atom stereocenters. The van der Waals surface area contributed by atoms with Crippen LogP contribution in [0.5, 0.6) is 0 Å². The van der Waals surface area contributed by atoms with E-state index in [1.807, 2.05) is 20.8 Å². The molecular formula is C21H26BrF3N2O2. The molecule has 0 bridgehead atoms. The lowest BCUT2D eigenvalue weighted by Crippen LogP contribution is -2.24. The van der Waals surface area contributed by atoms with Gasteiger partial charge in [-0.15, -0.1) is 0 Å². The Morgan fingerprint density at radius 2 is 1.72 bits per heavy atom. The van der Waals surface area contributed by atoms with E-state index >= 15 is 0 Å². The highest BCUT2D eigenvalue weighted by Gasteiger charge is 2.35. The fourth-order valence-corrected chi connectivity index (χ4v) is 3.30. The van der Waals surface area contributed by atoms with Gasteiger partial charge in [0.2, 0.25) is 0 Å². The molecule has 1 heterocycles. The van der Waals surface area contributed by atoms with Gasteiger partial charge in [-0.05, 0) is 45.4 Å². The molecule has 160 valence electrons. The summed E-state index contributed by atoms with van der Waals surface area (Å²) in [5.74, 6) is -0.0713. The van der Waals surface area contributed by atoms with Crippen LogP contribution in [-0.4, -0.2) is 21.1 Å². The third-order valence-electron chi connectivity index (χ3n) is 4.19. The second-order valence-electron chi connectivity index (χ2n) is 9.01. The van der Waals surface area contributed by atoms with E-state index in [9.17, 15) is 18.0 Å². The van der Waals surface area contributed by atoms with Crippen molar-refractivity contribution in [3.8, 4) is 0 Å². The number of carbonyl (C=O) groups is 1. The lowest BCUT2D eigenvalue weighted by molar-refractivity contribution is -0.138. The molecule has 8 heteroatoms. The lowest BCUT2D eigenvalue weighted by atomic mass is 9.95. The van der Waals surface area contributed by atoms with Gasteiger partial charge < -0.3 is 9.30 Å². The van der Waals surface area contributed by atoms with E-state index < -0.39 is 28.7 Å². The number of nitrogens with zero attached hydrogens (tertiary/aromatic N) is 2. The minimum atomic E-state index is -4.50. The van der Waals surface area contributed by atoms with E-state index in [1.165, 1.54) is 6.07 Å². The number of aromatic nitrogens is 2. The number of rotatable bonds is 3. The molecule has 29 heavy (non-hydrogen) atoms. The number of carbonyl (C=O) groups excluding carboxylic acids is 1. The molecule has 0 saturated heterocycles. The minimum Gasteiger partial charge on any atom is -0.455 e. The third-order valence-corrected chi connectivity index (χ3v) is 4.68. The third kappa shape index (κ3) is 5.62. The van der Waals surface area contributed by atoms with Crippen LogP contribution in [0.1, 0.15) is 74.7 Å². The quantitative estimate of drug-likeness (QED) is 0.492. The SMILES string of the molecule is Cc1c(C(=O)OC(C)(C)C)nc(C(C)(C)C)n1Cc1ccc(Br)cc1C(F)(F)F. The number of esters is 1.